The summed E-state index contributed by atoms with van der Waals surface area (Å²) in [6, 6.07) is 9.80. The van der Waals surface area contributed by atoms with Crippen LogP contribution in [0, 0.1) is 6.58 Å². The van der Waals surface area contributed by atoms with E-state index in [1.54, 1.807) is 199 Å². The number of halogens is 2. The number of rotatable bonds is 7. The molecule has 6 aliphatic carbocycles. The topological polar surface area (TPSA) is 0 Å². The molecule has 0 amide bonds. The van der Waals surface area contributed by atoms with Gasteiger partial charge in [-0.2, -0.15) is 5.56 Å². The molecule has 0 spiro atoms. The molecule has 1 aromatic rings. The van der Waals surface area contributed by atoms with Gasteiger partial charge in [-0.05, 0) is 154 Å². The third-order valence-electron chi connectivity index (χ3n) is 13.5. The fraction of sp³-hybridized carbons (Fsp3) is 0.818. The molecule has 6 aliphatic rings. The SMILES string of the molecule is C1CCC([PH+](C2CCCCC2)C2CCCCC2)CC1.C1CCC([PH+](C2CCCCC2)C2CCCCC2)CC1.[CH-]=Cc1ccccc1.[Cl][Ru][Cl]. The maximum atomic E-state index is 5.22. The molecule has 282 valence electrons. The Balaban J connectivity index is 0.000000170. The van der Waals surface area contributed by atoms with Gasteiger partial charge < -0.3 is 0 Å². The predicted molar refractivity (Wildman–Crippen MR) is 225 cm³/mol. The summed E-state index contributed by atoms with van der Waals surface area (Å²) in [4.78, 5) is 0. The summed E-state index contributed by atoms with van der Waals surface area (Å²) in [6.07, 6.45) is 49.2. The molecule has 6 saturated carbocycles. The maximum absolute atomic E-state index is 5.22. The first-order chi connectivity index (χ1) is 24.2. The molecule has 5 heteroatoms. The van der Waals surface area contributed by atoms with Crippen molar-refractivity contribution in [1.29, 1.82) is 0 Å². The van der Waals surface area contributed by atoms with Gasteiger partial charge in [-0.25, -0.2) is 6.08 Å². The van der Waals surface area contributed by atoms with Gasteiger partial charge in [0, 0.05) is 15.8 Å². The molecule has 0 nitrogen and oxygen atoms in total. The van der Waals surface area contributed by atoms with E-state index in [-0.39, 0.29) is 31.0 Å². The van der Waals surface area contributed by atoms with E-state index in [4.69, 9.17) is 26.0 Å². The van der Waals surface area contributed by atoms with E-state index in [0.717, 1.165) is 5.56 Å². The van der Waals surface area contributed by atoms with E-state index in [0.29, 0.717) is 0 Å². The molecule has 49 heavy (non-hydrogen) atoms. The van der Waals surface area contributed by atoms with Gasteiger partial charge in [0.2, 0.25) is 0 Å². The molecule has 0 aromatic heterocycles. The Morgan fingerprint density at radius 1 is 0.408 bits per heavy atom. The number of hydrogen-bond donors (Lipinski definition) is 0. The zero-order valence-electron chi connectivity index (χ0n) is 31.3. The molecular weight excluding hydrogens is 762 g/mol. The summed E-state index contributed by atoms with van der Waals surface area (Å²) < 4.78 is 0. The summed E-state index contributed by atoms with van der Waals surface area (Å²) >= 11 is -0.346. The van der Waals surface area contributed by atoms with E-state index >= 15 is 0 Å². The second kappa shape index (κ2) is 26.7. The van der Waals surface area contributed by atoms with Crippen molar-refractivity contribution in [3.8, 4) is 0 Å². The normalized spacial score (nSPS) is 24.2. The van der Waals surface area contributed by atoms with Crippen LogP contribution in [0.25, 0.3) is 6.08 Å². The van der Waals surface area contributed by atoms with Crippen LogP contribution in [-0.2, 0) is 15.1 Å². The molecule has 7 rings (SSSR count). The average Bonchev–Trinajstić information content (AvgIpc) is 3.19. The van der Waals surface area contributed by atoms with E-state index in [2.05, 4.69) is 0 Å². The fourth-order valence-corrected chi connectivity index (χ4v) is 21.6. The zero-order chi connectivity index (χ0) is 34.4. The van der Waals surface area contributed by atoms with Crippen molar-refractivity contribution in [3.63, 3.8) is 0 Å². The van der Waals surface area contributed by atoms with Gasteiger partial charge in [0.1, 0.15) is 0 Å². The standard InChI is InChI=1S/2C18H33P.C8H7.2ClH.Ru/c2*1-4-10-16(11-5-1)19(17-12-6-2-7-13-17)18-14-8-3-9-15-18;1-2-8-6-4-3-5-7-8;;;/h2*16-18H,1-15H2;1-7H;2*1H;/q;;-1;;;+2. The monoisotopic (exact) mass is 837 g/mol. The van der Waals surface area contributed by atoms with Crippen molar-refractivity contribution in [2.24, 2.45) is 0 Å². The second-order valence-corrected chi connectivity index (χ2v) is 26.2. The molecule has 0 bridgehead atoms. The van der Waals surface area contributed by atoms with Gasteiger partial charge in [-0.1, -0.05) is 56.7 Å². The first-order valence-corrected chi connectivity index (χ1v) is 29.4. The molecule has 0 unspecified atom stereocenters. The Bertz CT molecular complexity index is 786. The summed E-state index contributed by atoms with van der Waals surface area (Å²) in [5, 5.41) is 0. The quantitative estimate of drug-likeness (QED) is 0.146. The molecule has 0 saturated heterocycles. The Morgan fingerprint density at radius 2 is 0.612 bits per heavy atom. The van der Waals surface area contributed by atoms with Gasteiger partial charge in [0.25, 0.3) is 0 Å². The Hall–Kier alpha value is 1.02. The van der Waals surface area contributed by atoms with Crippen LogP contribution >= 0.6 is 35.2 Å². The Labute approximate surface area is 323 Å². The molecular formula is C44H75Cl2P2Ru+. The molecule has 6 fully saturated rings. The van der Waals surface area contributed by atoms with Gasteiger partial charge in [0.05, 0.1) is 34.0 Å². The van der Waals surface area contributed by atoms with Gasteiger partial charge in [-0.15, -0.1) is 12.1 Å². The van der Waals surface area contributed by atoms with Crippen LogP contribution in [0.15, 0.2) is 30.3 Å². The van der Waals surface area contributed by atoms with Gasteiger partial charge >= 0.3 is 34.5 Å². The van der Waals surface area contributed by atoms with Crippen LogP contribution in [-0.4, -0.2) is 34.0 Å². The van der Waals surface area contributed by atoms with E-state index in [1.165, 1.54) is 34.0 Å². The van der Waals surface area contributed by atoms with Crippen molar-refractivity contribution in [1.82, 2.24) is 0 Å². The average molecular weight is 838 g/mol. The second-order valence-electron chi connectivity index (χ2n) is 16.6. The van der Waals surface area contributed by atoms with Crippen LogP contribution in [0.3, 0.4) is 0 Å². The summed E-state index contributed by atoms with van der Waals surface area (Å²) in [6.45, 7) is 5.22. The van der Waals surface area contributed by atoms with Gasteiger partial charge in [0.15, 0.2) is 0 Å². The van der Waals surface area contributed by atoms with Crippen LogP contribution in [0.4, 0.5) is 0 Å². The summed E-state index contributed by atoms with van der Waals surface area (Å²) in [5.74, 6) is 0. The van der Waals surface area contributed by atoms with Crippen LogP contribution in [0.2, 0.25) is 0 Å². The Morgan fingerprint density at radius 3 is 0.776 bits per heavy atom. The van der Waals surface area contributed by atoms with Crippen molar-refractivity contribution in [2.45, 2.75) is 227 Å². The number of hydrogen-bond acceptors (Lipinski definition) is 0. The minimum atomic E-state index is -0.346. The molecule has 0 heterocycles. The fourth-order valence-electron chi connectivity index (χ4n) is 11.2. The van der Waals surface area contributed by atoms with Crippen molar-refractivity contribution in [2.75, 3.05) is 0 Å². The van der Waals surface area contributed by atoms with E-state index in [1.807, 2.05) is 30.3 Å². The van der Waals surface area contributed by atoms with Crippen LogP contribution in [0.5, 0.6) is 0 Å². The summed E-state index contributed by atoms with van der Waals surface area (Å²) in [5.41, 5.74) is 8.42. The predicted octanol–water partition coefficient (Wildman–Crippen LogP) is 15.9. The third-order valence-corrected chi connectivity index (χ3v) is 22.6. The molecule has 0 N–H and O–H groups in total. The zero-order valence-corrected chi connectivity index (χ0v) is 36.6. The van der Waals surface area contributed by atoms with Crippen molar-refractivity contribution < 1.29 is 15.1 Å². The first-order valence-electron chi connectivity index (χ1n) is 21.4. The minimum absolute atomic E-state index is 0.0465. The molecule has 0 aliphatic heterocycles. The van der Waals surface area contributed by atoms with Crippen molar-refractivity contribution >= 4 is 41.3 Å². The Kier molecular flexibility index (Phi) is 23.3. The molecule has 0 atom stereocenters. The summed E-state index contributed by atoms with van der Waals surface area (Å²) in [7, 11) is 9.61. The van der Waals surface area contributed by atoms with E-state index in [9.17, 15) is 0 Å². The van der Waals surface area contributed by atoms with Gasteiger partial charge in [-0.3, -0.25) is 6.58 Å². The van der Waals surface area contributed by atoms with Crippen LogP contribution < -0.4 is 0 Å². The van der Waals surface area contributed by atoms with Crippen LogP contribution in [0.1, 0.15) is 198 Å². The van der Waals surface area contributed by atoms with Crippen molar-refractivity contribution in [3.05, 3.63) is 42.5 Å². The molecule has 0 radical (unpaired) electrons. The number of benzene rings is 1. The van der Waals surface area contributed by atoms with E-state index < -0.39 is 0 Å². The third kappa shape index (κ3) is 15.7. The first kappa shape index (κ1) is 42.8. The molecule has 1 aromatic carbocycles.